The maximum absolute atomic E-state index is 6.14. The summed E-state index contributed by atoms with van der Waals surface area (Å²) in [6.07, 6.45) is 5.39. The lowest BCUT2D eigenvalue weighted by Gasteiger charge is -2.18. The third kappa shape index (κ3) is 1.66. The fourth-order valence-corrected chi connectivity index (χ4v) is 1.63. The van der Waals surface area contributed by atoms with Crippen LogP contribution in [-0.2, 0) is 0 Å². The van der Waals surface area contributed by atoms with Gasteiger partial charge in [-0.15, -0.1) is 10.2 Å². The highest BCUT2D eigenvalue weighted by Gasteiger charge is 2.29. The van der Waals surface area contributed by atoms with E-state index >= 15 is 0 Å². The summed E-state index contributed by atoms with van der Waals surface area (Å²) >= 11 is 0. The molecule has 2 rings (SSSR count). The van der Waals surface area contributed by atoms with Crippen molar-refractivity contribution in [2.45, 2.75) is 45.2 Å². The Kier molecular flexibility index (Phi) is 2.54. The van der Waals surface area contributed by atoms with Crippen molar-refractivity contribution in [3.05, 3.63) is 12.2 Å². The van der Waals surface area contributed by atoms with E-state index in [-0.39, 0.29) is 6.04 Å². The highest BCUT2D eigenvalue weighted by Crippen LogP contribution is 2.36. The topological polar surface area (TPSA) is 56.7 Å². The first-order chi connectivity index (χ1) is 6.74. The molecule has 0 spiro atoms. The third-order valence-corrected chi connectivity index (χ3v) is 3.10. The van der Waals surface area contributed by atoms with Crippen LogP contribution in [0.3, 0.4) is 0 Å². The van der Waals surface area contributed by atoms with Crippen molar-refractivity contribution in [1.29, 1.82) is 0 Å². The predicted octanol–water partition coefficient (Wildman–Crippen LogP) is 1.66. The van der Waals surface area contributed by atoms with Crippen LogP contribution in [0.4, 0.5) is 0 Å². The Hall–Kier alpha value is -0.900. The molecule has 1 heterocycles. The van der Waals surface area contributed by atoms with Crippen LogP contribution in [-0.4, -0.2) is 14.8 Å². The first kappa shape index (κ1) is 9.65. The van der Waals surface area contributed by atoms with Crippen LogP contribution in [0.2, 0.25) is 0 Å². The Morgan fingerprint density at radius 3 is 2.93 bits per heavy atom. The standard InChI is InChI=1S/C10H18N4/c1-3-7(2)9(11)10-13-12-6-14(10)8-4-5-8/h6-9H,3-5,11H2,1-2H3/t7-,9-/m0/s1. The van der Waals surface area contributed by atoms with E-state index in [1.54, 1.807) is 0 Å². The average Bonchev–Trinajstić information content (AvgIpc) is 2.94. The van der Waals surface area contributed by atoms with Gasteiger partial charge in [-0.05, 0) is 18.8 Å². The number of nitrogens with two attached hydrogens (primary N) is 1. The molecule has 14 heavy (non-hydrogen) atoms. The summed E-state index contributed by atoms with van der Waals surface area (Å²) in [4.78, 5) is 0. The van der Waals surface area contributed by atoms with Crippen LogP contribution in [0.1, 0.15) is 51.0 Å². The molecule has 78 valence electrons. The van der Waals surface area contributed by atoms with Gasteiger partial charge in [0.05, 0.1) is 6.04 Å². The lowest BCUT2D eigenvalue weighted by molar-refractivity contribution is 0.422. The smallest absolute Gasteiger partial charge is 0.150 e. The number of rotatable bonds is 4. The minimum atomic E-state index is 0.0306. The molecule has 1 saturated carbocycles. The van der Waals surface area contributed by atoms with Crippen molar-refractivity contribution in [1.82, 2.24) is 14.8 Å². The fourth-order valence-electron chi connectivity index (χ4n) is 1.63. The lowest BCUT2D eigenvalue weighted by Crippen LogP contribution is -2.22. The van der Waals surface area contributed by atoms with E-state index in [9.17, 15) is 0 Å². The van der Waals surface area contributed by atoms with Gasteiger partial charge in [0.2, 0.25) is 0 Å². The number of hydrogen-bond acceptors (Lipinski definition) is 3. The summed E-state index contributed by atoms with van der Waals surface area (Å²) in [6, 6.07) is 0.651. The first-order valence-electron chi connectivity index (χ1n) is 5.39. The molecule has 1 aliphatic carbocycles. The summed E-state index contributed by atoms with van der Waals surface area (Å²) in [5.41, 5.74) is 6.14. The predicted molar refractivity (Wildman–Crippen MR) is 54.7 cm³/mol. The molecule has 2 N–H and O–H groups in total. The number of aromatic nitrogens is 3. The van der Waals surface area contributed by atoms with E-state index in [1.165, 1.54) is 12.8 Å². The molecule has 1 aliphatic rings. The van der Waals surface area contributed by atoms with Gasteiger partial charge in [0.25, 0.3) is 0 Å². The van der Waals surface area contributed by atoms with E-state index in [4.69, 9.17) is 5.73 Å². The third-order valence-electron chi connectivity index (χ3n) is 3.10. The fraction of sp³-hybridized carbons (Fsp3) is 0.800. The van der Waals surface area contributed by atoms with Crippen molar-refractivity contribution >= 4 is 0 Å². The van der Waals surface area contributed by atoms with Gasteiger partial charge in [-0.1, -0.05) is 20.3 Å². The molecule has 4 nitrogen and oxygen atoms in total. The van der Waals surface area contributed by atoms with Crippen molar-refractivity contribution in [3.8, 4) is 0 Å². The molecule has 0 radical (unpaired) electrons. The molecular formula is C10H18N4. The molecule has 1 aromatic heterocycles. The van der Waals surface area contributed by atoms with Crippen LogP contribution in [0, 0.1) is 5.92 Å². The van der Waals surface area contributed by atoms with Crippen LogP contribution in [0.5, 0.6) is 0 Å². The van der Waals surface area contributed by atoms with Gasteiger partial charge in [-0.2, -0.15) is 0 Å². The van der Waals surface area contributed by atoms with Crippen LogP contribution in [0.25, 0.3) is 0 Å². The van der Waals surface area contributed by atoms with Crippen molar-refractivity contribution in [2.75, 3.05) is 0 Å². The van der Waals surface area contributed by atoms with Gasteiger partial charge >= 0.3 is 0 Å². The molecule has 0 amide bonds. The monoisotopic (exact) mass is 194 g/mol. The quantitative estimate of drug-likeness (QED) is 0.793. The minimum Gasteiger partial charge on any atom is -0.321 e. The zero-order chi connectivity index (χ0) is 10.1. The van der Waals surface area contributed by atoms with Crippen molar-refractivity contribution < 1.29 is 0 Å². The van der Waals surface area contributed by atoms with Crippen LogP contribution in [0.15, 0.2) is 6.33 Å². The zero-order valence-corrected chi connectivity index (χ0v) is 8.85. The number of hydrogen-bond donors (Lipinski definition) is 1. The molecule has 1 fully saturated rings. The van der Waals surface area contributed by atoms with Gasteiger partial charge < -0.3 is 10.3 Å². The normalized spacial score (nSPS) is 20.8. The largest absolute Gasteiger partial charge is 0.321 e. The van der Waals surface area contributed by atoms with E-state index in [1.807, 2.05) is 6.33 Å². The van der Waals surface area contributed by atoms with E-state index < -0.39 is 0 Å². The molecule has 2 atom stereocenters. The second-order valence-electron chi connectivity index (χ2n) is 4.24. The van der Waals surface area contributed by atoms with Crippen LogP contribution < -0.4 is 5.73 Å². The minimum absolute atomic E-state index is 0.0306. The highest BCUT2D eigenvalue weighted by molar-refractivity contribution is 5.00. The Bertz CT molecular complexity index is 303. The van der Waals surface area contributed by atoms with Crippen LogP contribution >= 0.6 is 0 Å². The van der Waals surface area contributed by atoms with Gasteiger partial charge in [-0.25, -0.2) is 0 Å². The maximum Gasteiger partial charge on any atom is 0.150 e. The second kappa shape index (κ2) is 3.69. The summed E-state index contributed by atoms with van der Waals surface area (Å²) in [5, 5.41) is 8.09. The van der Waals surface area contributed by atoms with E-state index in [2.05, 4.69) is 28.6 Å². The molecule has 0 bridgehead atoms. The summed E-state index contributed by atoms with van der Waals surface area (Å²) < 4.78 is 2.15. The van der Waals surface area contributed by atoms with Gasteiger partial charge in [-0.3, -0.25) is 0 Å². The Morgan fingerprint density at radius 2 is 2.36 bits per heavy atom. The molecule has 4 heteroatoms. The maximum atomic E-state index is 6.14. The molecule has 0 saturated heterocycles. The summed E-state index contributed by atoms with van der Waals surface area (Å²) in [5.74, 6) is 1.43. The molecule has 0 aliphatic heterocycles. The van der Waals surface area contributed by atoms with E-state index in [0.717, 1.165) is 12.2 Å². The Labute approximate surface area is 84.5 Å². The Morgan fingerprint density at radius 1 is 1.64 bits per heavy atom. The van der Waals surface area contributed by atoms with Crippen molar-refractivity contribution in [2.24, 2.45) is 11.7 Å². The first-order valence-corrected chi connectivity index (χ1v) is 5.39. The second-order valence-corrected chi connectivity index (χ2v) is 4.24. The lowest BCUT2D eigenvalue weighted by atomic mass is 9.99. The molecular weight excluding hydrogens is 176 g/mol. The van der Waals surface area contributed by atoms with Gasteiger partial charge in [0, 0.05) is 6.04 Å². The van der Waals surface area contributed by atoms with Gasteiger partial charge in [0.1, 0.15) is 12.2 Å². The summed E-state index contributed by atoms with van der Waals surface area (Å²) in [6.45, 7) is 4.32. The molecule has 1 aromatic rings. The zero-order valence-electron chi connectivity index (χ0n) is 8.85. The number of nitrogens with zero attached hydrogens (tertiary/aromatic N) is 3. The van der Waals surface area contributed by atoms with E-state index in [0.29, 0.717) is 12.0 Å². The average molecular weight is 194 g/mol. The van der Waals surface area contributed by atoms with Gasteiger partial charge in [0.15, 0.2) is 0 Å². The molecule has 0 aromatic carbocycles. The van der Waals surface area contributed by atoms with Crippen molar-refractivity contribution in [3.63, 3.8) is 0 Å². The SMILES string of the molecule is CC[C@H](C)[C@H](N)c1nncn1C1CC1. The Balaban J connectivity index is 2.17. The highest BCUT2D eigenvalue weighted by atomic mass is 15.3. The molecule has 0 unspecified atom stereocenters. The summed E-state index contributed by atoms with van der Waals surface area (Å²) in [7, 11) is 0.